The molecule has 0 saturated heterocycles. The van der Waals surface area contributed by atoms with Crippen LogP contribution in [0.15, 0.2) is 30.5 Å². The molecular weight excluding hydrogens is 235 g/mol. The average molecular weight is 244 g/mol. The molecule has 1 heterocycles. The van der Waals surface area contributed by atoms with Crippen molar-refractivity contribution in [2.45, 2.75) is 0 Å². The lowest BCUT2D eigenvalue weighted by Crippen LogP contribution is -1.92. The van der Waals surface area contributed by atoms with Gasteiger partial charge in [-0.2, -0.15) is 5.10 Å². The molecule has 1 N–H and O–H groups in total. The summed E-state index contributed by atoms with van der Waals surface area (Å²) >= 11 is 0. The number of halogens is 1. The Balaban J connectivity index is 2.56. The first-order valence-electron chi connectivity index (χ1n) is 5.31. The predicted molar refractivity (Wildman–Crippen MR) is 65.2 cm³/mol. The molecule has 3 rings (SSSR count). The lowest BCUT2D eigenvalue weighted by molar-refractivity contribution is 0.397. The topological polar surface area (TPSA) is 55.2 Å². The van der Waals surface area contributed by atoms with Gasteiger partial charge in [-0.25, -0.2) is 4.39 Å². The molecule has 0 bridgehead atoms. The second-order valence-corrected chi connectivity index (χ2v) is 3.90. The molecule has 0 aliphatic carbocycles. The van der Waals surface area contributed by atoms with Gasteiger partial charge in [-0.05, 0) is 29.7 Å². The van der Waals surface area contributed by atoms with Crippen LogP contribution in [0.5, 0.6) is 11.6 Å². The van der Waals surface area contributed by atoms with Crippen molar-refractivity contribution in [3.63, 3.8) is 0 Å². The molecule has 90 valence electrons. The monoisotopic (exact) mass is 244 g/mol. The van der Waals surface area contributed by atoms with Gasteiger partial charge in [-0.1, -0.05) is 0 Å². The lowest BCUT2D eigenvalue weighted by Gasteiger charge is -2.08. The van der Waals surface area contributed by atoms with Crippen LogP contribution in [0.2, 0.25) is 0 Å². The van der Waals surface area contributed by atoms with Gasteiger partial charge in [-0.3, -0.25) is 0 Å². The minimum absolute atomic E-state index is 0.0591. The maximum absolute atomic E-state index is 13.3. The average Bonchev–Trinajstić information content (AvgIpc) is 2.38. The van der Waals surface area contributed by atoms with Crippen molar-refractivity contribution in [3.8, 4) is 11.6 Å². The van der Waals surface area contributed by atoms with Crippen molar-refractivity contribution in [2.75, 3.05) is 7.11 Å². The van der Waals surface area contributed by atoms with Gasteiger partial charge in [0.25, 0.3) is 0 Å². The number of aromatic nitrogens is 2. The smallest absolute Gasteiger partial charge is 0.241 e. The summed E-state index contributed by atoms with van der Waals surface area (Å²) in [4.78, 5) is 0. The van der Waals surface area contributed by atoms with Gasteiger partial charge in [0.05, 0.1) is 18.7 Å². The summed E-state index contributed by atoms with van der Waals surface area (Å²) in [6, 6.07) is 5.74. The highest BCUT2D eigenvalue weighted by Gasteiger charge is 2.11. The van der Waals surface area contributed by atoms with E-state index in [1.54, 1.807) is 6.07 Å². The van der Waals surface area contributed by atoms with Crippen molar-refractivity contribution in [2.24, 2.45) is 0 Å². The number of ether oxygens (including phenoxy) is 1. The summed E-state index contributed by atoms with van der Waals surface area (Å²) in [5.41, 5.74) is 0. The molecule has 0 aliphatic heterocycles. The van der Waals surface area contributed by atoms with Crippen LogP contribution in [0.4, 0.5) is 4.39 Å². The van der Waals surface area contributed by atoms with Crippen LogP contribution in [0, 0.1) is 5.82 Å². The standard InChI is InChI=1S/C13H9FN2O2/c1-18-13-10-5-12(17)8-3-2-7(14)4-9(8)11(10)6-15-16-13/h2-6,17H,1H3. The van der Waals surface area contributed by atoms with Gasteiger partial charge < -0.3 is 9.84 Å². The quantitative estimate of drug-likeness (QED) is 0.668. The number of aromatic hydroxyl groups is 1. The minimum Gasteiger partial charge on any atom is -0.507 e. The largest absolute Gasteiger partial charge is 0.507 e. The van der Waals surface area contributed by atoms with Gasteiger partial charge in [-0.15, -0.1) is 5.10 Å². The minimum atomic E-state index is -0.370. The Hall–Kier alpha value is -2.43. The number of nitrogens with zero attached hydrogens (tertiary/aromatic N) is 2. The molecule has 5 heteroatoms. The maximum Gasteiger partial charge on any atom is 0.241 e. The van der Waals surface area contributed by atoms with E-state index in [0.29, 0.717) is 27.4 Å². The van der Waals surface area contributed by atoms with Crippen LogP contribution in [0.3, 0.4) is 0 Å². The first-order valence-corrected chi connectivity index (χ1v) is 5.31. The van der Waals surface area contributed by atoms with Crippen LogP contribution in [-0.4, -0.2) is 22.4 Å². The molecular formula is C13H9FN2O2. The number of fused-ring (bicyclic) bond motifs is 3. The molecule has 18 heavy (non-hydrogen) atoms. The molecule has 0 amide bonds. The highest BCUT2D eigenvalue weighted by Crippen LogP contribution is 2.35. The number of rotatable bonds is 1. The number of hydrogen-bond acceptors (Lipinski definition) is 4. The molecule has 0 fully saturated rings. The van der Waals surface area contributed by atoms with E-state index >= 15 is 0 Å². The van der Waals surface area contributed by atoms with E-state index in [1.807, 2.05) is 0 Å². The van der Waals surface area contributed by atoms with Crippen molar-refractivity contribution in [1.82, 2.24) is 10.2 Å². The Labute approximate surface area is 102 Å². The highest BCUT2D eigenvalue weighted by atomic mass is 19.1. The van der Waals surface area contributed by atoms with Crippen LogP contribution in [0.25, 0.3) is 21.5 Å². The van der Waals surface area contributed by atoms with Crippen molar-refractivity contribution >= 4 is 21.5 Å². The molecule has 0 radical (unpaired) electrons. The number of phenolic OH excluding ortho intramolecular Hbond substituents is 1. The fourth-order valence-corrected chi connectivity index (χ4v) is 2.06. The van der Waals surface area contributed by atoms with Crippen molar-refractivity contribution in [1.29, 1.82) is 0 Å². The third-order valence-electron chi connectivity index (χ3n) is 2.88. The van der Waals surface area contributed by atoms with Gasteiger partial charge in [0.2, 0.25) is 5.88 Å². The summed E-state index contributed by atoms with van der Waals surface area (Å²) in [5, 5.41) is 20.0. The highest BCUT2D eigenvalue weighted by molar-refractivity contribution is 6.11. The second-order valence-electron chi connectivity index (χ2n) is 3.90. The Morgan fingerprint density at radius 3 is 2.72 bits per heavy atom. The van der Waals surface area contributed by atoms with Crippen LogP contribution < -0.4 is 4.74 Å². The molecule has 0 spiro atoms. The van der Waals surface area contributed by atoms with Gasteiger partial charge >= 0.3 is 0 Å². The Morgan fingerprint density at radius 2 is 1.94 bits per heavy atom. The third-order valence-corrected chi connectivity index (χ3v) is 2.88. The van der Waals surface area contributed by atoms with Crippen molar-refractivity contribution < 1.29 is 14.2 Å². The van der Waals surface area contributed by atoms with Crippen molar-refractivity contribution in [3.05, 3.63) is 36.3 Å². The van der Waals surface area contributed by atoms with E-state index in [9.17, 15) is 9.50 Å². The first-order chi connectivity index (χ1) is 8.70. The molecule has 0 unspecified atom stereocenters. The predicted octanol–water partition coefficient (Wildman–Crippen LogP) is 2.64. The molecule has 4 nitrogen and oxygen atoms in total. The normalized spacial score (nSPS) is 11.0. The summed E-state index contributed by atoms with van der Waals surface area (Å²) in [7, 11) is 1.47. The number of benzene rings is 2. The Morgan fingerprint density at radius 1 is 1.11 bits per heavy atom. The molecule has 0 atom stereocenters. The third kappa shape index (κ3) is 1.44. The fraction of sp³-hybridized carbons (Fsp3) is 0.0769. The molecule has 3 aromatic rings. The van der Waals surface area contributed by atoms with E-state index in [-0.39, 0.29) is 11.6 Å². The van der Waals surface area contributed by atoms with Crippen LogP contribution in [-0.2, 0) is 0 Å². The van der Waals surface area contributed by atoms with E-state index in [4.69, 9.17) is 4.74 Å². The molecule has 1 aromatic heterocycles. The summed E-state index contributed by atoms with van der Waals surface area (Å²) < 4.78 is 18.4. The summed E-state index contributed by atoms with van der Waals surface area (Å²) in [5.74, 6) is -0.0112. The Kier molecular flexibility index (Phi) is 2.26. The zero-order chi connectivity index (χ0) is 12.7. The van der Waals surface area contributed by atoms with E-state index in [1.165, 1.54) is 31.5 Å². The van der Waals surface area contributed by atoms with Crippen LogP contribution in [0.1, 0.15) is 0 Å². The summed E-state index contributed by atoms with van der Waals surface area (Å²) in [6.45, 7) is 0. The number of methoxy groups -OCH3 is 1. The number of hydrogen-bond donors (Lipinski definition) is 1. The molecule has 0 saturated carbocycles. The zero-order valence-electron chi connectivity index (χ0n) is 9.51. The Bertz CT molecular complexity index is 759. The van der Waals surface area contributed by atoms with E-state index < -0.39 is 0 Å². The summed E-state index contributed by atoms with van der Waals surface area (Å²) in [6.07, 6.45) is 1.53. The van der Waals surface area contributed by atoms with E-state index in [0.717, 1.165) is 0 Å². The molecule has 2 aromatic carbocycles. The first kappa shape index (κ1) is 10.7. The second kappa shape index (κ2) is 3.80. The lowest BCUT2D eigenvalue weighted by atomic mass is 10.0. The number of phenols is 1. The maximum atomic E-state index is 13.3. The van der Waals surface area contributed by atoms with Gasteiger partial charge in [0, 0.05) is 10.8 Å². The van der Waals surface area contributed by atoms with Gasteiger partial charge in [0.1, 0.15) is 11.6 Å². The molecule has 0 aliphatic rings. The van der Waals surface area contributed by atoms with Crippen LogP contribution >= 0.6 is 0 Å². The zero-order valence-corrected chi connectivity index (χ0v) is 9.51. The van der Waals surface area contributed by atoms with E-state index in [2.05, 4.69) is 10.2 Å². The SMILES string of the molecule is COc1nncc2c1cc(O)c1ccc(F)cc12. The fourth-order valence-electron chi connectivity index (χ4n) is 2.06. The van der Waals surface area contributed by atoms with Gasteiger partial charge in [0.15, 0.2) is 0 Å².